The molecule has 0 unspecified atom stereocenters. The Morgan fingerprint density at radius 1 is 0.733 bits per heavy atom. The fourth-order valence-corrected chi connectivity index (χ4v) is 3.24. The molecule has 0 aliphatic rings. The first-order valence-corrected chi connectivity index (χ1v) is 12.4. The summed E-state index contributed by atoms with van der Waals surface area (Å²) in [5.41, 5.74) is 0. The van der Waals surface area contributed by atoms with E-state index in [1.54, 1.807) is 0 Å². The SMILES string of the molecule is CCCCCCCCCCCCCCOC(=O)/C=C\C(=O)OCCCS(=O)(=O)O.[H-].[Na+]. The van der Waals surface area contributed by atoms with Crippen molar-refractivity contribution in [1.29, 1.82) is 0 Å². The quantitative estimate of drug-likeness (QED) is 0.103. The van der Waals surface area contributed by atoms with Crippen molar-refractivity contribution in [2.75, 3.05) is 19.0 Å². The molecule has 0 aliphatic heterocycles. The molecule has 9 heteroatoms. The molecule has 0 heterocycles. The van der Waals surface area contributed by atoms with Crippen LogP contribution in [0.5, 0.6) is 0 Å². The van der Waals surface area contributed by atoms with Crippen molar-refractivity contribution in [3.63, 3.8) is 0 Å². The fourth-order valence-electron chi connectivity index (χ4n) is 2.76. The normalized spacial score (nSPS) is 11.3. The van der Waals surface area contributed by atoms with Crippen LogP contribution in [-0.4, -0.2) is 43.9 Å². The van der Waals surface area contributed by atoms with Crippen LogP contribution in [0.15, 0.2) is 12.2 Å². The third-order valence-electron chi connectivity index (χ3n) is 4.39. The van der Waals surface area contributed by atoms with E-state index in [4.69, 9.17) is 14.0 Å². The van der Waals surface area contributed by atoms with Gasteiger partial charge >= 0.3 is 41.5 Å². The van der Waals surface area contributed by atoms with E-state index in [0.29, 0.717) is 6.61 Å². The van der Waals surface area contributed by atoms with Gasteiger partial charge in [0.15, 0.2) is 0 Å². The predicted octanol–water partition coefficient (Wildman–Crippen LogP) is 1.72. The zero-order valence-corrected chi connectivity index (χ0v) is 21.6. The summed E-state index contributed by atoms with van der Waals surface area (Å²) in [6.07, 6.45) is 16.7. The molecule has 7 nitrogen and oxygen atoms in total. The standard InChI is InChI=1S/C21H38O7S.Na.H/c1-2-3-4-5-6-7-8-9-10-11-12-13-17-27-20(22)15-16-21(23)28-18-14-19-29(24,25)26;;/h15-16H,2-14,17-19H2,1H3,(H,24,25,26);;/q;+1;-1/b16-15-;;. The molecule has 0 atom stereocenters. The molecule has 0 aromatic rings. The number of unbranched alkanes of at least 4 members (excludes halogenated alkanes) is 11. The number of hydrogen-bond donors (Lipinski definition) is 1. The van der Waals surface area contributed by atoms with Crippen LogP contribution in [0.2, 0.25) is 0 Å². The Morgan fingerprint density at radius 2 is 1.10 bits per heavy atom. The molecule has 0 aromatic carbocycles. The summed E-state index contributed by atoms with van der Waals surface area (Å²) >= 11 is 0. The Bertz CT molecular complexity index is 568. The molecule has 0 aromatic heterocycles. The van der Waals surface area contributed by atoms with E-state index in [0.717, 1.165) is 31.4 Å². The van der Waals surface area contributed by atoms with Crippen molar-refractivity contribution in [3.05, 3.63) is 12.2 Å². The van der Waals surface area contributed by atoms with Gasteiger partial charge in [0.1, 0.15) is 0 Å². The number of hydrogen-bond acceptors (Lipinski definition) is 6. The predicted molar refractivity (Wildman–Crippen MR) is 114 cm³/mol. The van der Waals surface area contributed by atoms with Gasteiger partial charge in [0.25, 0.3) is 10.1 Å². The Hall–Kier alpha value is -0.410. The van der Waals surface area contributed by atoms with Crippen molar-refractivity contribution in [2.24, 2.45) is 0 Å². The van der Waals surface area contributed by atoms with E-state index < -0.39 is 27.8 Å². The van der Waals surface area contributed by atoms with Gasteiger partial charge in [-0.15, -0.1) is 0 Å². The molecule has 0 bridgehead atoms. The van der Waals surface area contributed by atoms with Crippen LogP contribution in [-0.2, 0) is 29.2 Å². The second-order valence-corrected chi connectivity index (χ2v) is 8.77. The molecule has 0 radical (unpaired) electrons. The number of esters is 2. The summed E-state index contributed by atoms with van der Waals surface area (Å²) in [6, 6.07) is 0. The minimum atomic E-state index is -4.06. The first-order valence-electron chi connectivity index (χ1n) is 10.8. The smallest absolute Gasteiger partial charge is 1.00 e. The first-order chi connectivity index (χ1) is 13.8. The van der Waals surface area contributed by atoms with E-state index in [1.165, 1.54) is 57.8 Å². The molecule has 0 amide bonds. The van der Waals surface area contributed by atoms with Crippen molar-refractivity contribution in [3.8, 4) is 0 Å². The summed E-state index contributed by atoms with van der Waals surface area (Å²) in [7, 11) is -4.06. The van der Waals surface area contributed by atoms with E-state index >= 15 is 0 Å². The minimum Gasteiger partial charge on any atom is -1.00 e. The Morgan fingerprint density at radius 3 is 1.50 bits per heavy atom. The van der Waals surface area contributed by atoms with Crippen molar-refractivity contribution in [1.82, 2.24) is 0 Å². The maximum atomic E-state index is 11.5. The summed E-state index contributed by atoms with van der Waals surface area (Å²) in [5, 5.41) is 0. The van der Waals surface area contributed by atoms with Gasteiger partial charge in [0, 0.05) is 12.2 Å². The first kappa shape index (κ1) is 31.8. The van der Waals surface area contributed by atoms with Crippen molar-refractivity contribution >= 4 is 22.1 Å². The van der Waals surface area contributed by atoms with Crippen LogP contribution in [0.3, 0.4) is 0 Å². The van der Waals surface area contributed by atoms with Crippen LogP contribution in [0.1, 0.15) is 91.8 Å². The third kappa shape index (κ3) is 25.6. The molecular formula is C21H39NaO7S. The van der Waals surface area contributed by atoms with Gasteiger partial charge in [-0.1, -0.05) is 77.6 Å². The Labute approximate surface area is 205 Å². The number of carbonyl (C=O) groups is 2. The van der Waals surface area contributed by atoms with Gasteiger partial charge in [-0.3, -0.25) is 4.55 Å². The largest absolute Gasteiger partial charge is 1.00 e. The number of rotatable bonds is 19. The molecular weight excluding hydrogens is 419 g/mol. The summed E-state index contributed by atoms with van der Waals surface area (Å²) < 4.78 is 39.2. The molecule has 0 fully saturated rings. The van der Waals surface area contributed by atoms with Crippen molar-refractivity contribution < 1.29 is 63.0 Å². The molecule has 0 rings (SSSR count). The zero-order valence-electron chi connectivity index (χ0n) is 19.8. The Kier molecular flexibility index (Phi) is 23.1. The average molecular weight is 459 g/mol. The van der Waals surface area contributed by atoms with Gasteiger partial charge in [0.05, 0.1) is 19.0 Å². The molecule has 0 saturated carbocycles. The third-order valence-corrected chi connectivity index (χ3v) is 5.19. The average Bonchev–Trinajstić information content (AvgIpc) is 2.66. The zero-order chi connectivity index (χ0) is 21.8. The molecule has 0 saturated heterocycles. The summed E-state index contributed by atoms with van der Waals surface area (Å²) in [4.78, 5) is 22.8. The second-order valence-electron chi connectivity index (χ2n) is 7.20. The topological polar surface area (TPSA) is 107 Å². The molecule has 172 valence electrons. The summed E-state index contributed by atoms with van der Waals surface area (Å²) in [5.74, 6) is -1.85. The van der Waals surface area contributed by atoms with Crippen molar-refractivity contribution in [2.45, 2.75) is 90.4 Å². The second kappa shape index (κ2) is 21.8. The van der Waals surface area contributed by atoms with Gasteiger partial charge in [0.2, 0.25) is 0 Å². The van der Waals surface area contributed by atoms with E-state index in [2.05, 4.69) is 6.92 Å². The van der Waals surface area contributed by atoms with E-state index in [-0.39, 0.29) is 44.0 Å². The van der Waals surface area contributed by atoms with E-state index in [1.807, 2.05) is 0 Å². The molecule has 0 spiro atoms. The van der Waals surface area contributed by atoms with Crippen LogP contribution < -0.4 is 29.6 Å². The van der Waals surface area contributed by atoms with Crippen LogP contribution in [0, 0.1) is 0 Å². The minimum absolute atomic E-state index is 0. The molecule has 30 heavy (non-hydrogen) atoms. The van der Waals surface area contributed by atoms with Gasteiger partial charge in [-0.05, 0) is 12.8 Å². The van der Waals surface area contributed by atoms with Crippen LogP contribution in [0.25, 0.3) is 0 Å². The maximum absolute atomic E-state index is 11.5. The maximum Gasteiger partial charge on any atom is 1.00 e. The summed E-state index contributed by atoms with van der Waals surface area (Å²) in [6.45, 7) is 2.40. The Balaban J connectivity index is -0.00000392. The van der Waals surface area contributed by atoms with Gasteiger partial charge in [-0.25, -0.2) is 9.59 Å². The van der Waals surface area contributed by atoms with Gasteiger partial charge < -0.3 is 10.9 Å². The van der Waals surface area contributed by atoms with Gasteiger partial charge in [-0.2, -0.15) is 8.42 Å². The van der Waals surface area contributed by atoms with Crippen LogP contribution in [0.4, 0.5) is 0 Å². The van der Waals surface area contributed by atoms with Crippen LogP contribution >= 0.6 is 0 Å². The molecule has 1 N–H and O–H groups in total. The fraction of sp³-hybridized carbons (Fsp3) is 0.810. The monoisotopic (exact) mass is 458 g/mol. The number of ether oxygens (including phenoxy) is 2. The number of carbonyl (C=O) groups excluding carboxylic acids is 2. The van der Waals surface area contributed by atoms with E-state index in [9.17, 15) is 18.0 Å². The molecule has 0 aliphatic carbocycles.